The molecule has 7 nitrogen and oxygen atoms in total. The third-order valence-electron chi connectivity index (χ3n) is 4.72. The molecule has 0 aliphatic heterocycles. The van der Waals surface area contributed by atoms with Crippen molar-refractivity contribution in [1.29, 1.82) is 0 Å². The highest BCUT2D eigenvalue weighted by Crippen LogP contribution is 2.18. The van der Waals surface area contributed by atoms with E-state index in [-0.39, 0.29) is 28.4 Å². The van der Waals surface area contributed by atoms with E-state index in [0.29, 0.717) is 6.42 Å². The number of carbonyl (C=O) groups excluding carboxylic acids is 2. The molecule has 2 N–H and O–H groups in total. The van der Waals surface area contributed by atoms with Gasteiger partial charge >= 0.3 is 5.97 Å². The quantitative estimate of drug-likeness (QED) is 0.657. The first-order valence-corrected chi connectivity index (χ1v) is 10.8. The van der Waals surface area contributed by atoms with Gasteiger partial charge in [-0.3, -0.25) is 4.79 Å². The van der Waals surface area contributed by atoms with Crippen molar-refractivity contribution in [3.8, 4) is 0 Å². The first-order valence-electron chi connectivity index (χ1n) is 9.36. The number of hydrogen-bond acceptors (Lipinski definition) is 5. The van der Waals surface area contributed by atoms with Gasteiger partial charge in [-0.05, 0) is 57.4 Å². The van der Waals surface area contributed by atoms with Gasteiger partial charge in [0.2, 0.25) is 10.0 Å². The van der Waals surface area contributed by atoms with E-state index in [0.717, 1.165) is 25.7 Å². The predicted octanol–water partition coefficient (Wildman–Crippen LogP) is 2.37. The molecule has 1 aliphatic rings. The van der Waals surface area contributed by atoms with E-state index in [2.05, 4.69) is 10.0 Å². The van der Waals surface area contributed by atoms with Gasteiger partial charge in [-0.1, -0.05) is 19.8 Å². The van der Waals surface area contributed by atoms with Crippen LogP contribution < -0.4 is 10.0 Å². The van der Waals surface area contributed by atoms with Crippen LogP contribution in [0.1, 0.15) is 63.2 Å². The summed E-state index contributed by atoms with van der Waals surface area (Å²) in [6, 6.07) is 5.44. The molecular formula is C19H28N2O5S. The molecule has 0 spiro atoms. The van der Waals surface area contributed by atoms with E-state index < -0.39 is 22.1 Å². The zero-order chi connectivity index (χ0) is 20.0. The summed E-state index contributed by atoms with van der Waals surface area (Å²) in [6.45, 7) is 5.19. The van der Waals surface area contributed by atoms with E-state index in [9.17, 15) is 18.0 Å². The van der Waals surface area contributed by atoms with Crippen molar-refractivity contribution in [2.75, 3.05) is 0 Å². The van der Waals surface area contributed by atoms with Crippen LogP contribution in [0.3, 0.4) is 0 Å². The van der Waals surface area contributed by atoms with Crippen LogP contribution in [0.25, 0.3) is 0 Å². The summed E-state index contributed by atoms with van der Waals surface area (Å²) in [5.74, 6) is -0.977. The van der Waals surface area contributed by atoms with E-state index in [1.54, 1.807) is 6.92 Å². The molecule has 2 unspecified atom stereocenters. The van der Waals surface area contributed by atoms with Crippen LogP contribution in [0.2, 0.25) is 0 Å². The van der Waals surface area contributed by atoms with E-state index in [1.807, 2.05) is 6.92 Å². The second kappa shape index (κ2) is 9.32. The maximum atomic E-state index is 12.2. The summed E-state index contributed by atoms with van der Waals surface area (Å²) in [6.07, 6.45) is 3.86. The Morgan fingerprint density at radius 3 is 2.30 bits per heavy atom. The third kappa shape index (κ3) is 6.04. The summed E-state index contributed by atoms with van der Waals surface area (Å²) < 4.78 is 32.2. The molecule has 27 heavy (non-hydrogen) atoms. The zero-order valence-corrected chi connectivity index (χ0v) is 16.8. The molecule has 1 aliphatic carbocycles. The SMILES string of the molecule is CCC(C)NS(=O)(=O)c1ccc(C(=O)OC(C)C(=O)NC2CCCC2)cc1. The molecule has 1 fully saturated rings. The summed E-state index contributed by atoms with van der Waals surface area (Å²) in [5, 5.41) is 2.88. The lowest BCUT2D eigenvalue weighted by molar-refractivity contribution is -0.129. The van der Waals surface area contributed by atoms with Crippen molar-refractivity contribution < 1.29 is 22.7 Å². The zero-order valence-electron chi connectivity index (χ0n) is 16.0. The van der Waals surface area contributed by atoms with Crippen molar-refractivity contribution >= 4 is 21.9 Å². The number of ether oxygens (including phenoxy) is 1. The Labute approximate surface area is 160 Å². The molecule has 2 rings (SSSR count). The lowest BCUT2D eigenvalue weighted by Gasteiger charge is -2.17. The Hall–Kier alpha value is -1.93. The average molecular weight is 397 g/mol. The maximum absolute atomic E-state index is 12.2. The number of nitrogens with one attached hydrogen (secondary N) is 2. The largest absolute Gasteiger partial charge is 0.449 e. The summed E-state index contributed by atoms with van der Waals surface area (Å²) in [4.78, 5) is 24.4. The molecule has 0 aromatic heterocycles. The van der Waals surface area contributed by atoms with Crippen molar-refractivity contribution in [3.63, 3.8) is 0 Å². The van der Waals surface area contributed by atoms with E-state index in [4.69, 9.17) is 4.74 Å². The molecule has 8 heteroatoms. The Kier molecular flexibility index (Phi) is 7.38. The summed E-state index contributed by atoms with van der Waals surface area (Å²) >= 11 is 0. The Morgan fingerprint density at radius 2 is 1.74 bits per heavy atom. The second-order valence-corrected chi connectivity index (χ2v) is 8.71. The molecule has 1 aromatic rings. The number of benzene rings is 1. The fourth-order valence-electron chi connectivity index (χ4n) is 2.86. The average Bonchev–Trinajstić information content (AvgIpc) is 3.14. The van der Waals surface area contributed by atoms with Gasteiger partial charge in [-0.2, -0.15) is 0 Å². The maximum Gasteiger partial charge on any atom is 0.338 e. The molecule has 1 amide bonds. The molecule has 2 atom stereocenters. The van der Waals surface area contributed by atoms with Gasteiger partial charge in [-0.25, -0.2) is 17.9 Å². The molecule has 0 heterocycles. The Balaban J connectivity index is 1.95. The Morgan fingerprint density at radius 1 is 1.15 bits per heavy atom. The lowest BCUT2D eigenvalue weighted by atomic mass is 10.2. The summed E-state index contributed by atoms with van der Waals surface area (Å²) in [5.41, 5.74) is 0.193. The van der Waals surface area contributed by atoms with Crippen LogP contribution >= 0.6 is 0 Å². The molecule has 1 saturated carbocycles. The van der Waals surface area contributed by atoms with Gasteiger partial charge in [0.15, 0.2) is 6.10 Å². The second-order valence-electron chi connectivity index (χ2n) is 6.99. The molecule has 1 aromatic carbocycles. The predicted molar refractivity (Wildman–Crippen MR) is 102 cm³/mol. The highest BCUT2D eigenvalue weighted by Gasteiger charge is 2.24. The minimum absolute atomic E-state index is 0.0753. The Bertz CT molecular complexity index is 755. The van der Waals surface area contributed by atoms with Crippen molar-refractivity contribution in [2.24, 2.45) is 0 Å². The highest BCUT2D eigenvalue weighted by molar-refractivity contribution is 7.89. The van der Waals surface area contributed by atoms with Gasteiger partial charge in [0.25, 0.3) is 5.91 Å². The fraction of sp³-hybridized carbons (Fsp3) is 0.579. The van der Waals surface area contributed by atoms with Crippen molar-refractivity contribution in [2.45, 2.75) is 76.0 Å². The molecule has 0 radical (unpaired) electrons. The van der Waals surface area contributed by atoms with E-state index in [1.165, 1.54) is 31.2 Å². The number of sulfonamides is 1. The number of rotatable bonds is 8. The smallest absolute Gasteiger partial charge is 0.338 e. The minimum atomic E-state index is -3.63. The summed E-state index contributed by atoms with van der Waals surface area (Å²) in [7, 11) is -3.63. The van der Waals surface area contributed by atoms with Crippen LogP contribution in [0.15, 0.2) is 29.2 Å². The monoisotopic (exact) mass is 396 g/mol. The number of carbonyl (C=O) groups is 2. The first-order chi connectivity index (χ1) is 12.7. The van der Waals surface area contributed by atoms with Crippen LogP contribution in [-0.4, -0.2) is 38.5 Å². The fourth-order valence-corrected chi connectivity index (χ4v) is 4.18. The van der Waals surface area contributed by atoms with Crippen molar-refractivity contribution in [1.82, 2.24) is 10.0 Å². The number of amides is 1. The van der Waals surface area contributed by atoms with Gasteiger partial charge in [0, 0.05) is 12.1 Å². The molecule has 0 saturated heterocycles. The van der Waals surface area contributed by atoms with Crippen molar-refractivity contribution in [3.05, 3.63) is 29.8 Å². The first kappa shape index (κ1) is 21.4. The lowest BCUT2D eigenvalue weighted by Crippen LogP contribution is -2.40. The van der Waals surface area contributed by atoms with Crippen LogP contribution in [0.5, 0.6) is 0 Å². The van der Waals surface area contributed by atoms with E-state index >= 15 is 0 Å². The highest BCUT2D eigenvalue weighted by atomic mass is 32.2. The third-order valence-corrected chi connectivity index (χ3v) is 6.33. The molecular weight excluding hydrogens is 368 g/mol. The molecule has 150 valence electrons. The van der Waals surface area contributed by atoms with Gasteiger partial charge in [0.05, 0.1) is 10.5 Å². The normalized spacial score (nSPS) is 17.3. The topological polar surface area (TPSA) is 102 Å². The number of hydrogen-bond donors (Lipinski definition) is 2. The number of esters is 1. The standard InChI is InChI=1S/C19H28N2O5S/c1-4-13(2)21-27(24,25)17-11-9-15(10-12-17)19(23)26-14(3)18(22)20-16-7-5-6-8-16/h9-14,16,21H,4-8H2,1-3H3,(H,20,22). The van der Waals surface area contributed by atoms with Crippen LogP contribution in [0.4, 0.5) is 0 Å². The minimum Gasteiger partial charge on any atom is -0.449 e. The van der Waals surface area contributed by atoms with Crippen LogP contribution in [0, 0.1) is 0 Å². The van der Waals surface area contributed by atoms with Gasteiger partial charge < -0.3 is 10.1 Å². The van der Waals surface area contributed by atoms with Crippen LogP contribution in [-0.2, 0) is 19.6 Å². The van der Waals surface area contributed by atoms with Gasteiger partial charge in [-0.15, -0.1) is 0 Å². The molecule has 0 bridgehead atoms. The van der Waals surface area contributed by atoms with Gasteiger partial charge in [0.1, 0.15) is 0 Å².